The van der Waals surface area contributed by atoms with Crippen molar-refractivity contribution >= 4 is 17.7 Å². The summed E-state index contributed by atoms with van der Waals surface area (Å²) in [6, 6.07) is 16.5. The zero-order valence-corrected chi connectivity index (χ0v) is 17.4. The highest BCUT2D eigenvalue weighted by Crippen LogP contribution is 2.23. The quantitative estimate of drug-likeness (QED) is 0.617. The van der Waals surface area contributed by atoms with E-state index in [0.717, 1.165) is 11.1 Å². The largest absolute Gasteiger partial charge is 0.465 e. The summed E-state index contributed by atoms with van der Waals surface area (Å²) >= 11 is 5.90. The number of aliphatic hydroxyl groups excluding tert-OH is 1. The summed E-state index contributed by atoms with van der Waals surface area (Å²) in [6.45, 7) is 6.36. The maximum atomic E-state index is 12.0. The Balaban J connectivity index is 2.12. The fourth-order valence-electron chi connectivity index (χ4n) is 3.28. The lowest BCUT2D eigenvalue weighted by atomic mass is 9.94. The van der Waals surface area contributed by atoms with E-state index in [1.165, 1.54) is 4.90 Å². The molecule has 1 amide bonds. The van der Waals surface area contributed by atoms with Crippen LogP contribution in [0.15, 0.2) is 54.6 Å². The van der Waals surface area contributed by atoms with Crippen LogP contribution in [0.2, 0.25) is 5.02 Å². The van der Waals surface area contributed by atoms with Gasteiger partial charge in [-0.15, -0.1) is 0 Å². The smallest absolute Gasteiger partial charge is 0.408 e. The number of hydrogen-bond donors (Lipinski definition) is 3. The third-order valence-corrected chi connectivity index (χ3v) is 4.84. The molecule has 5 nitrogen and oxygen atoms in total. The number of rotatable bonds is 8. The van der Waals surface area contributed by atoms with Gasteiger partial charge in [0, 0.05) is 23.7 Å². The van der Waals surface area contributed by atoms with Crippen LogP contribution in [0.25, 0.3) is 0 Å². The molecule has 2 atom stereocenters. The summed E-state index contributed by atoms with van der Waals surface area (Å²) in [4.78, 5) is 13.3. The van der Waals surface area contributed by atoms with Crippen LogP contribution in [-0.4, -0.2) is 45.4 Å². The fraction of sp³-hybridized carbons (Fsp3) is 0.409. The molecule has 0 aliphatic carbocycles. The molecule has 0 radical (unpaired) electrons. The van der Waals surface area contributed by atoms with Gasteiger partial charge in [-0.05, 0) is 50.5 Å². The van der Waals surface area contributed by atoms with Gasteiger partial charge < -0.3 is 15.5 Å². The molecule has 3 N–H and O–H groups in total. The zero-order valence-electron chi connectivity index (χ0n) is 16.6. The minimum atomic E-state index is -1.04. The Bertz CT molecular complexity index is 745. The number of halogens is 1. The summed E-state index contributed by atoms with van der Waals surface area (Å²) in [5.74, 6) is 0. The molecule has 0 heterocycles. The molecule has 6 heteroatoms. The van der Waals surface area contributed by atoms with E-state index >= 15 is 0 Å². The van der Waals surface area contributed by atoms with Crippen molar-refractivity contribution < 1.29 is 15.0 Å². The second kappa shape index (κ2) is 9.92. The Morgan fingerprint density at radius 1 is 1.07 bits per heavy atom. The van der Waals surface area contributed by atoms with E-state index in [0.29, 0.717) is 18.0 Å². The minimum Gasteiger partial charge on any atom is -0.465 e. The Hall–Kier alpha value is -2.08. The molecule has 0 bridgehead atoms. The summed E-state index contributed by atoms with van der Waals surface area (Å²) < 4.78 is 0. The number of aliphatic hydroxyl groups is 1. The molecule has 0 fully saturated rings. The lowest BCUT2D eigenvalue weighted by Gasteiger charge is -2.42. The molecule has 2 rings (SSSR count). The molecule has 0 unspecified atom stereocenters. The molecule has 2 aromatic rings. The van der Waals surface area contributed by atoms with Crippen molar-refractivity contribution in [3.05, 3.63) is 70.7 Å². The van der Waals surface area contributed by atoms with Gasteiger partial charge >= 0.3 is 6.09 Å². The van der Waals surface area contributed by atoms with Crippen molar-refractivity contribution in [3.8, 4) is 0 Å². The van der Waals surface area contributed by atoms with Crippen LogP contribution in [0.3, 0.4) is 0 Å². The normalized spacial score (nSPS) is 13.8. The van der Waals surface area contributed by atoms with E-state index < -0.39 is 23.8 Å². The van der Waals surface area contributed by atoms with Gasteiger partial charge in [0.05, 0.1) is 12.1 Å². The maximum Gasteiger partial charge on any atom is 0.408 e. The van der Waals surface area contributed by atoms with Gasteiger partial charge in [0.25, 0.3) is 0 Å². The van der Waals surface area contributed by atoms with Crippen molar-refractivity contribution in [1.82, 2.24) is 10.2 Å². The minimum absolute atomic E-state index is 0.278. The molecule has 0 saturated heterocycles. The maximum absolute atomic E-state index is 12.0. The standard InChI is InChI=1S/C22H29ClN2O3/c1-22(2,3)25(21(27)28)19(13-16-7-5-4-6-8-16)20(26)15-24-14-17-9-11-18(23)12-10-17/h4-12,19-20,24,26H,13-15H2,1-3H3,(H,27,28)/t19-,20+/m0/s1. The third-order valence-electron chi connectivity index (χ3n) is 4.59. The highest BCUT2D eigenvalue weighted by atomic mass is 35.5. The monoisotopic (exact) mass is 404 g/mol. The lowest BCUT2D eigenvalue weighted by Crippen LogP contribution is -2.58. The van der Waals surface area contributed by atoms with Gasteiger partial charge in [-0.3, -0.25) is 4.90 Å². The summed E-state index contributed by atoms with van der Waals surface area (Å²) in [6.07, 6.45) is -1.46. The Labute approximate surface area is 172 Å². The fourth-order valence-corrected chi connectivity index (χ4v) is 3.41. The average molecular weight is 405 g/mol. The Kier molecular flexibility index (Phi) is 7.87. The molecular formula is C22H29ClN2O3. The molecule has 0 saturated carbocycles. The Morgan fingerprint density at radius 2 is 1.68 bits per heavy atom. The van der Waals surface area contributed by atoms with Crippen LogP contribution in [0.5, 0.6) is 0 Å². The van der Waals surface area contributed by atoms with Crippen LogP contribution in [0.4, 0.5) is 4.79 Å². The van der Waals surface area contributed by atoms with Gasteiger partial charge in [-0.1, -0.05) is 54.1 Å². The molecule has 0 spiro atoms. The van der Waals surface area contributed by atoms with E-state index in [1.807, 2.05) is 75.4 Å². The molecule has 152 valence electrons. The number of hydrogen-bond acceptors (Lipinski definition) is 3. The number of nitrogens with zero attached hydrogens (tertiary/aromatic N) is 1. The second-order valence-corrected chi connectivity index (χ2v) is 8.34. The first-order valence-corrected chi connectivity index (χ1v) is 9.75. The van der Waals surface area contributed by atoms with Crippen LogP contribution >= 0.6 is 11.6 Å². The summed E-state index contributed by atoms with van der Waals surface area (Å²) in [7, 11) is 0. The van der Waals surface area contributed by atoms with E-state index in [4.69, 9.17) is 11.6 Å². The molecule has 0 aliphatic heterocycles. The second-order valence-electron chi connectivity index (χ2n) is 7.91. The molecular weight excluding hydrogens is 376 g/mol. The van der Waals surface area contributed by atoms with Gasteiger partial charge in [0.1, 0.15) is 0 Å². The van der Waals surface area contributed by atoms with Crippen LogP contribution in [0.1, 0.15) is 31.9 Å². The number of benzene rings is 2. The first-order valence-electron chi connectivity index (χ1n) is 9.38. The van der Waals surface area contributed by atoms with E-state index in [9.17, 15) is 15.0 Å². The summed E-state index contributed by atoms with van der Waals surface area (Å²) in [5, 5.41) is 24.6. The number of nitrogens with one attached hydrogen (secondary N) is 1. The SMILES string of the molecule is CC(C)(C)N(C(=O)O)[C@@H](Cc1ccccc1)[C@H](O)CNCc1ccc(Cl)cc1. The lowest BCUT2D eigenvalue weighted by molar-refractivity contribution is 0.00770. The van der Waals surface area contributed by atoms with Gasteiger partial charge in [-0.25, -0.2) is 4.79 Å². The first-order chi connectivity index (χ1) is 13.2. The van der Waals surface area contributed by atoms with Gasteiger partial charge in [-0.2, -0.15) is 0 Å². The predicted molar refractivity (Wildman–Crippen MR) is 113 cm³/mol. The number of carboxylic acid groups (broad SMARTS) is 1. The number of carbonyl (C=O) groups is 1. The van der Waals surface area contributed by atoms with E-state index in [2.05, 4.69) is 5.32 Å². The highest BCUT2D eigenvalue weighted by Gasteiger charge is 2.37. The summed E-state index contributed by atoms with van der Waals surface area (Å²) in [5.41, 5.74) is 1.39. The van der Waals surface area contributed by atoms with Crippen LogP contribution < -0.4 is 5.32 Å². The molecule has 0 aliphatic rings. The van der Waals surface area contributed by atoms with Gasteiger partial charge in [0.15, 0.2) is 0 Å². The van der Waals surface area contributed by atoms with Crippen molar-refractivity contribution in [1.29, 1.82) is 0 Å². The third kappa shape index (κ3) is 6.51. The van der Waals surface area contributed by atoms with Crippen molar-refractivity contribution in [2.75, 3.05) is 6.54 Å². The van der Waals surface area contributed by atoms with Crippen molar-refractivity contribution in [2.45, 2.75) is 51.4 Å². The molecule has 2 aromatic carbocycles. The van der Waals surface area contributed by atoms with Crippen LogP contribution in [0, 0.1) is 0 Å². The average Bonchev–Trinajstić information content (AvgIpc) is 2.62. The van der Waals surface area contributed by atoms with Crippen molar-refractivity contribution in [2.24, 2.45) is 0 Å². The Morgan fingerprint density at radius 3 is 2.21 bits per heavy atom. The highest BCUT2D eigenvalue weighted by molar-refractivity contribution is 6.30. The van der Waals surface area contributed by atoms with Gasteiger partial charge in [0.2, 0.25) is 0 Å². The van der Waals surface area contributed by atoms with E-state index in [1.54, 1.807) is 0 Å². The topological polar surface area (TPSA) is 72.8 Å². The molecule has 28 heavy (non-hydrogen) atoms. The first kappa shape index (κ1) is 22.2. The van der Waals surface area contributed by atoms with E-state index in [-0.39, 0.29) is 6.54 Å². The van der Waals surface area contributed by atoms with Crippen molar-refractivity contribution in [3.63, 3.8) is 0 Å². The molecule has 0 aromatic heterocycles. The zero-order chi connectivity index (χ0) is 20.7. The predicted octanol–water partition coefficient (Wildman–Crippen LogP) is 4.18. The number of amides is 1. The van der Waals surface area contributed by atoms with Crippen LogP contribution in [-0.2, 0) is 13.0 Å².